The summed E-state index contributed by atoms with van der Waals surface area (Å²) in [6, 6.07) is 10.1. The van der Waals surface area contributed by atoms with Crippen LogP contribution in [0.1, 0.15) is 31.7 Å². The van der Waals surface area contributed by atoms with Gasteiger partial charge in [0.25, 0.3) is 0 Å². The summed E-state index contributed by atoms with van der Waals surface area (Å²) in [7, 11) is 0. The first kappa shape index (κ1) is 10.9. The number of carbonyl (C=O) groups excluding carboxylic acids is 1. The Morgan fingerprint density at radius 1 is 1.31 bits per heavy atom. The topological polar surface area (TPSA) is 26.3 Å². The molecule has 1 aliphatic rings. The van der Waals surface area contributed by atoms with E-state index in [1.807, 2.05) is 18.2 Å². The van der Waals surface area contributed by atoms with Gasteiger partial charge in [0.15, 0.2) is 0 Å². The number of benzene rings is 1. The van der Waals surface area contributed by atoms with Gasteiger partial charge in [0.05, 0.1) is 0 Å². The van der Waals surface area contributed by atoms with E-state index in [0.29, 0.717) is 0 Å². The molecule has 2 nitrogen and oxygen atoms in total. The van der Waals surface area contributed by atoms with Crippen molar-refractivity contribution >= 4 is 11.5 Å². The molecule has 1 aliphatic carbocycles. The Morgan fingerprint density at radius 3 is 2.75 bits per heavy atom. The molecule has 0 fully saturated rings. The van der Waals surface area contributed by atoms with Crippen LogP contribution in [0.5, 0.6) is 0 Å². The maximum Gasteiger partial charge on any atom is 0.303 e. The van der Waals surface area contributed by atoms with Gasteiger partial charge < -0.3 is 4.74 Å². The quantitative estimate of drug-likeness (QED) is 0.710. The van der Waals surface area contributed by atoms with Crippen LogP contribution < -0.4 is 0 Å². The fourth-order valence-corrected chi connectivity index (χ4v) is 2.10. The molecule has 0 amide bonds. The minimum atomic E-state index is -0.200. The molecule has 0 unspecified atom stereocenters. The molecule has 1 atom stereocenters. The fourth-order valence-electron chi connectivity index (χ4n) is 2.10. The second kappa shape index (κ2) is 4.97. The van der Waals surface area contributed by atoms with Crippen molar-refractivity contribution in [2.24, 2.45) is 0 Å². The first-order chi connectivity index (χ1) is 7.77. The SMILES string of the molecule is CC(=O)O[C@H]1CCCC=C1c1ccccc1. The van der Waals surface area contributed by atoms with Crippen molar-refractivity contribution in [3.05, 3.63) is 42.0 Å². The van der Waals surface area contributed by atoms with Crippen LogP contribution in [-0.2, 0) is 9.53 Å². The highest BCUT2D eigenvalue weighted by Crippen LogP contribution is 2.29. The Balaban J connectivity index is 2.23. The average molecular weight is 216 g/mol. The van der Waals surface area contributed by atoms with E-state index in [9.17, 15) is 4.79 Å². The molecule has 2 rings (SSSR count). The average Bonchev–Trinajstić information content (AvgIpc) is 2.30. The molecule has 16 heavy (non-hydrogen) atoms. The summed E-state index contributed by atoms with van der Waals surface area (Å²) in [4.78, 5) is 11.0. The third-order valence-electron chi connectivity index (χ3n) is 2.80. The monoisotopic (exact) mass is 216 g/mol. The highest BCUT2D eigenvalue weighted by molar-refractivity contribution is 5.73. The predicted octanol–water partition coefficient (Wildman–Crippen LogP) is 3.19. The van der Waals surface area contributed by atoms with Gasteiger partial charge in [-0.15, -0.1) is 0 Å². The maximum atomic E-state index is 11.0. The summed E-state index contributed by atoms with van der Waals surface area (Å²) in [6.45, 7) is 1.47. The summed E-state index contributed by atoms with van der Waals surface area (Å²) >= 11 is 0. The Morgan fingerprint density at radius 2 is 2.06 bits per heavy atom. The van der Waals surface area contributed by atoms with Gasteiger partial charge in [-0.3, -0.25) is 4.79 Å². The minimum absolute atomic E-state index is 0.0614. The Kier molecular flexibility index (Phi) is 3.40. The zero-order valence-corrected chi connectivity index (χ0v) is 9.48. The van der Waals surface area contributed by atoms with Crippen LogP contribution in [0.15, 0.2) is 36.4 Å². The number of allylic oxidation sites excluding steroid dienone is 1. The molecule has 1 aromatic rings. The zero-order chi connectivity index (χ0) is 11.4. The molecular formula is C14H16O2. The summed E-state index contributed by atoms with van der Waals surface area (Å²) in [5, 5.41) is 0. The lowest BCUT2D eigenvalue weighted by atomic mass is 9.91. The van der Waals surface area contributed by atoms with Gasteiger partial charge in [-0.2, -0.15) is 0 Å². The molecule has 0 N–H and O–H groups in total. The van der Waals surface area contributed by atoms with Crippen LogP contribution in [0.4, 0.5) is 0 Å². The number of hydrogen-bond donors (Lipinski definition) is 0. The van der Waals surface area contributed by atoms with Gasteiger partial charge in [0.1, 0.15) is 6.10 Å². The largest absolute Gasteiger partial charge is 0.458 e. The van der Waals surface area contributed by atoms with Crippen LogP contribution in [-0.4, -0.2) is 12.1 Å². The molecule has 0 heterocycles. The second-order valence-electron chi connectivity index (χ2n) is 4.05. The van der Waals surface area contributed by atoms with Crippen molar-refractivity contribution in [2.45, 2.75) is 32.3 Å². The van der Waals surface area contributed by atoms with E-state index >= 15 is 0 Å². The van der Waals surface area contributed by atoms with E-state index in [1.165, 1.54) is 6.92 Å². The van der Waals surface area contributed by atoms with Crippen molar-refractivity contribution in [3.8, 4) is 0 Å². The third kappa shape index (κ3) is 2.51. The van der Waals surface area contributed by atoms with Gasteiger partial charge in [-0.25, -0.2) is 0 Å². The van der Waals surface area contributed by atoms with Crippen LogP contribution in [0, 0.1) is 0 Å². The van der Waals surface area contributed by atoms with Gasteiger partial charge in [-0.1, -0.05) is 36.4 Å². The lowest BCUT2D eigenvalue weighted by Crippen LogP contribution is -2.20. The maximum absolute atomic E-state index is 11.0. The number of carbonyl (C=O) groups is 1. The van der Waals surface area contributed by atoms with E-state index in [0.717, 1.165) is 30.4 Å². The van der Waals surface area contributed by atoms with Crippen molar-refractivity contribution in [1.82, 2.24) is 0 Å². The molecule has 84 valence electrons. The molecule has 1 aromatic carbocycles. The lowest BCUT2D eigenvalue weighted by molar-refractivity contribution is -0.144. The number of rotatable bonds is 2. The second-order valence-corrected chi connectivity index (χ2v) is 4.05. The molecule has 0 spiro atoms. The Hall–Kier alpha value is -1.57. The smallest absolute Gasteiger partial charge is 0.303 e. The third-order valence-corrected chi connectivity index (χ3v) is 2.80. The van der Waals surface area contributed by atoms with Crippen LogP contribution in [0.3, 0.4) is 0 Å². The summed E-state index contributed by atoms with van der Waals surface area (Å²) in [5.74, 6) is -0.200. The number of esters is 1. The van der Waals surface area contributed by atoms with E-state index in [2.05, 4.69) is 18.2 Å². The normalized spacial score (nSPS) is 20.1. The van der Waals surface area contributed by atoms with Crippen LogP contribution in [0.25, 0.3) is 5.57 Å². The summed E-state index contributed by atoms with van der Waals surface area (Å²) in [6.07, 6.45) is 5.22. The lowest BCUT2D eigenvalue weighted by Gasteiger charge is -2.24. The minimum Gasteiger partial charge on any atom is -0.458 e. The predicted molar refractivity (Wildman–Crippen MR) is 63.8 cm³/mol. The zero-order valence-electron chi connectivity index (χ0n) is 9.48. The van der Waals surface area contributed by atoms with Gasteiger partial charge >= 0.3 is 5.97 Å². The molecule has 0 aromatic heterocycles. The number of ether oxygens (including phenoxy) is 1. The van der Waals surface area contributed by atoms with Crippen molar-refractivity contribution in [1.29, 1.82) is 0 Å². The highest BCUT2D eigenvalue weighted by Gasteiger charge is 2.21. The number of hydrogen-bond acceptors (Lipinski definition) is 2. The molecule has 0 saturated carbocycles. The molecule has 2 heteroatoms. The van der Waals surface area contributed by atoms with Gasteiger partial charge in [0, 0.05) is 6.92 Å². The highest BCUT2D eigenvalue weighted by atomic mass is 16.5. The van der Waals surface area contributed by atoms with Gasteiger partial charge in [0.2, 0.25) is 0 Å². The Labute approximate surface area is 95.9 Å². The summed E-state index contributed by atoms with van der Waals surface area (Å²) in [5.41, 5.74) is 2.32. The standard InChI is InChI=1S/C14H16O2/c1-11(15)16-14-10-6-5-9-13(14)12-7-3-2-4-8-12/h2-4,7-9,14H,5-6,10H2,1H3/t14-/m0/s1. The molecular weight excluding hydrogens is 200 g/mol. The van der Waals surface area contributed by atoms with E-state index in [-0.39, 0.29) is 12.1 Å². The summed E-state index contributed by atoms with van der Waals surface area (Å²) < 4.78 is 5.35. The van der Waals surface area contributed by atoms with Crippen molar-refractivity contribution < 1.29 is 9.53 Å². The molecule has 0 aliphatic heterocycles. The van der Waals surface area contributed by atoms with E-state index < -0.39 is 0 Å². The van der Waals surface area contributed by atoms with Crippen LogP contribution in [0.2, 0.25) is 0 Å². The van der Waals surface area contributed by atoms with E-state index in [4.69, 9.17) is 4.74 Å². The van der Waals surface area contributed by atoms with E-state index in [1.54, 1.807) is 0 Å². The van der Waals surface area contributed by atoms with Crippen molar-refractivity contribution in [3.63, 3.8) is 0 Å². The molecule has 0 saturated heterocycles. The van der Waals surface area contributed by atoms with Crippen molar-refractivity contribution in [2.75, 3.05) is 0 Å². The fraction of sp³-hybridized carbons (Fsp3) is 0.357. The molecule has 0 bridgehead atoms. The first-order valence-corrected chi connectivity index (χ1v) is 5.70. The Bertz CT molecular complexity index is 392. The molecule has 0 radical (unpaired) electrons. The first-order valence-electron chi connectivity index (χ1n) is 5.70. The van der Waals surface area contributed by atoms with Crippen LogP contribution >= 0.6 is 0 Å². The van der Waals surface area contributed by atoms with Gasteiger partial charge in [-0.05, 0) is 30.4 Å².